The monoisotopic (exact) mass is 344 g/mol. The van der Waals surface area contributed by atoms with Crippen LogP contribution < -0.4 is 10.1 Å². The molecule has 7 heteroatoms. The standard InChI is InChI=1S/C18H21FN4O2/c19-13-3-1-5-16(9-13)25-12-14-10-17-18(24)22(7-8-23(17)21-14)15-4-2-6-20-11-15/h1,3,5,9-10,15,20H,2,4,6-8,11-12H2/t15-/m0/s1. The van der Waals surface area contributed by atoms with Crippen molar-refractivity contribution in [3.05, 3.63) is 47.5 Å². The van der Waals surface area contributed by atoms with E-state index in [-0.39, 0.29) is 24.4 Å². The molecule has 1 atom stereocenters. The fourth-order valence-electron chi connectivity index (χ4n) is 3.50. The van der Waals surface area contributed by atoms with Crippen LogP contribution in [0.25, 0.3) is 0 Å². The first-order valence-electron chi connectivity index (χ1n) is 8.67. The molecule has 0 aliphatic carbocycles. The van der Waals surface area contributed by atoms with Crippen molar-refractivity contribution in [3.63, 3.8) is 0 Å². The van der Waals surface area contributed by atoms with E-state index in [9.17, 15) is 9.18 Å². The summed E-state index contributed by atoms with van der Waals surface area (Å²) in [7, 11) is 0. The normalized spacial score (nSPS) is 20.4. The number of amides is 1. The number of benzene rings is 1. The van der Waals surface area contributed by atoms with Crippen LogP contribution in [-0.2, 0) is 13.2 Å². The minimum absolute atomic E-state index is 0.0319. The van der Waals surface area contributed by atoms with Crippen LogP contribution in [0.15, 0.2) is 30.3 Å². The molecule has 2 aromatic rings. The maximum atomic E-state index is 13.2. The highest BCUT2D eigenvalue weighted by Crippen LogP contribution is 2.20. The third-order valence-corrected chi connectivity index (χ3v) is 4.76. The Morgan fingerprint density at radius 2 is 2.24 bits per heavy atom. The minimum Gasteiger partial charge on any atom is -0.487 e. The number of ether oxygens (including phenoxy) is 1. The van der Waals surface area contributed by atoms with Crippen LogP contribution in [0.1, 0.15) is 29.0 Å². The second-order valence-electron chi connectivity index (χ2n) is 6.49. The van der Waals surface area contributed by atoms with Crippen molar-refractivity contribution in [1.29, 1.82) is 0 Å². The summed E-state index contributed by atoms with van der Waals surface area (Å²) in [5.41, 5.74) is 1.28. The molecule has 4 rings (SSSR count). The predicted octanol–water partition coefficient (Wildman–Crippen LogP) is 1.81. The van der Waals surface area contributed by atoms with E-state index in [1.165, 1.54) is 12.1 Å². The number of hydrogen-bond acceptors (Lipinski definition) is 4. The molecule has 132 valence electrons. The molecule has 1 fully saturated rings. The Morgan fingerprint density at radius 3 is 3.04 bits per heavy atom. The molecule has 0 spiro atoms. The summed E-state index contributed by atoms with van der Waals surface area (Å²) >= 11 is 0. The zero-order valence-electron chi connectivity index (χ0n) is 13.9. The summed E-state index contributed by atoms with van der Waals surface area (Å²) in [5.74, 6) is 0.144. The number of carbonyl (C=O) groups excluding carboxylic acids is 1. The van der Waals surface area contributed by atoms with Crippen LogP contribution in [0, 0.1) is 5.82 Å². The van der Waals surface area contributed by atoms with Gasteiger partial charge in [-0.3, -0.25) is 9.48 Å². The molecule has 2 aliphatic rings. The van der Waals surface area contributed by atoms with E-state index >= 15 is 0 Å². The summed E-state index contributed by atoms with van der Waals surface area (Å²) in [6.07, 6.45) is 2.14. The molecule has 25 heavy (non-hydrogen) atoms. The number of halogens is 1. The summed E-state index contributed by atoms with van der Waals surface area (Å²) in [5, 5.41) is 7.81. The molecule has 2 aliphatic heterocycles. The fourth-order valence-corrected chi connectivity index (χ4v) is 3.50. The molecule has 0 saturated carbocycles. The zero-order chi connectivity index (χ0) is 17.2. The van der Waals surface area contributed by atoms with E-state index in [0.717, 1.165) is 25.9 Å². The third kappa shape index (κ3) is 3.37. The molecule has 0 radical (unpaired) electrons. The summed E-state index contributed by atoms with van der Waals surface area (Å²) in [6.45, 7) is 3.47. The van der Waals surface area contributed by atoms with Crippen LogP contribution in [0.3, 0.4) is 0 Å². The van der Waals surface area contributed by atoms with Gasteiger partial charge in [0.2, 0.25) is 0 Å². The molecule has 0 unspecified atom stereocenters. The maximum Gasteiger partial charge on any atom is 0.272 e. The number of carbonyl (C=O) groups is 1. The van der Waals surface area contributed by atoms with Crippen molar-refractivity contribution in [1.82, 2.24) is 20.0 Å². The molecule has 0 bridgehead atoms. The Balaban J connectivity index is 1.45. The molecule has 3 heterocycles. The SMILES string of the molecule is O=C1c2cc(COc3cccc(F)c3)nn2CCN1[C@H]1CCCNC1. The second kappa shape index (κ2) is 6.84. The Morgan fingerprint density at radius 1 is 1.32 bits per heavy atom. The first kappa shape index (κ1) is 16.1. The lowest BCUT2D eigenvalue weighted by Crippen LogP contribution is -2.52. The summed E-state index contributed by atoms with van der Waals surface area (Å²) in [6, 6.07) is 8.04. The number of hydrogen-bond donors (Lipinski definition) is 1. The first-order chi connectivity index (χ1) is 12.2. The van der Waals surface area contributed by atoms with E-state index < -0.39 is 0 Å². The van der Waals surface area contributed by atoms with Gasteiger partial charge in [-0.1, -0.05) is 6.07 Å². The molecule has 1 saturated heterocycles. The smallest absolute Gasteiger partial charge is 0.272 e. The molecular weight excluding hydrogens is 323 g/mol. The van der Waals surface area contributed by atoms with Crippen LogP contribution in [0.2, 0.25) is 0 Å². The molecular formula is C18H21FN4O2. The fraction of sp³-hybridized carbons (Fsp3) is 0.444. The maximum absolute atomic E-state index is 13.2. The van der Waals surface area contributed by atoms with Gasteiger partial charge in [0.1, 0.15) is 29.6 Å². The molecule has 1 N–H and O–H groups in total. The Hall–Kier alpha value is -2.41. The lowest BCUT2D eigenvalue weighted by atomic mass is 10.0. The lowest BCUT2D eigenvalue weighted by molar-refractivity contribution is 0.0579. The van der Waals surface area contributed by atoms with Crippen LogP contribution in [0.5, 0.6) is 5.75 Å². The van der Waals surface area contributed by atoms with E-state index in [2.05, 4.69) is 10.4 Å². The van der Waals surface area contributed by atoms with Gasteiger partial charge in [-0.05, 0) is 37.6 Å². The largest absolute Gasteiger partial charge is 0.487 e. The van der Waals surface area contributed by atoms with Gasteiger partial charge in [-0.25, -0.2) is 4.39 Å². The van der Waals surface area contributed by atoms with Gasteiger partial charge in [0.15, 0.2) is 0 Å². The highest BCUT2D eigenvalue weighted by atomic mass is 19.1. The van der Waals surface area contributed by atoms with Crippen LogP contribution in [0.4, 0.5) is 4.39 Å². The predicted molar refractivity (Wildman–Crippen MR) is 89.9 cm³/mol. The number of piperidine rings is 1. The average Bonchev–Trinajstić information content (AvgIpc) is 3.05. The highest BCUT2D eigenvalue weighted by Gasteiger charge is 2.32. The number of nitrogens with one attached hydrogen (secondary N) is 1. The van der Waals surface area contributed by atoms with Gasteiger partial charge in [-0.2, -0.15) is 5.10 Å². The molecule has 1 aromatic carbocycles. The Bertz CT molecular complexity index is 770. The Kier molecular flexibility index (Phi) is 4.40. The van der Waals surface area contributed by atoms with E-state index in [4.69, 9.17) is 4.74 Å². The van der Waals surface area contributed by atoms with Crippen molar-refractivity contribution < 1.29 is 13.9 Å². The van der Waals surface area contributed by atoms with E-state index in [0.29, 0.717) is 30.2 Å². The average molecular weight is 344 g/mol. The molecule has 6 nitrogen and oxygen atoms in total. The molecule has 1 aromatic heterocycles. The number of fused-ring (bicyclic) bond motifs is 1. The summed E-state index contributed by atoms with van der Waals surface area (Å²) in [4.78, 5) is 14.8. The van der Waals surface area contributed by atoms with Crippen molar-refractivity contribution >= 4 is 5.91 Å². The quantitative estimate of drug-likeness (QED) is 0.919. The zero-order valence-corrected chi connectivity index (χ0v) is 13.9. The van der Waals surface area contributed by atoms with Gasteiger partial charge in [0.05, 0.1) is 6.54 Å². The van der Waals surface area contributed by atoms with E-state index in [1.54, 1.807) is 22.9 Å². The number of rotatable bonds is 4. The Labute approximate surface area is 145 Å². The number of nitrogens with zero attached hydrogens (tertiary/aromatic N) is 3. The summed E-state index contributed by atoms with van der Waals surface area (Å²) < 4.78 is 20.5. The van der Waals surface area contributed by atoms with Gasteiger partial charge in [0.25, 0.3) is 5.91 Å². The topological polar surface area (TPSA) is 59.4 Å². The van der Waals surface area contributed by atoms with Crippen molar-refractivity contribution in [2.45, 2.75) is 32.0 Å². The van der Waals surface area contributed by atoms with Crippen molar-refractivity contribution in [3.8, 4) is 5.75 Å². The van der Waals surface area contributed by atoms with Gasteiger partial charge >= 0.3 is 0 Å². The minimum atomic E-state index is -0.339. The number of aromatic nitrogens is 2. The highest BCUT2D eigenvalue weighted by molar-refractivity contribution is 5.93. The van der Waals surface area contributed by atoms with Crippen molar-refractivity contribution in [2.24, 2.45) is 0 Å². The first-order valence-corrected chi connectivity index (χ1v) is 8.67. The van der Waals surface area contributed by atoms with Crippen LogP contribution in [-0.4, -0.2) is 46.3 Å². The van der Waals surface area contributed by atoms with Crippen LogP contribution >= 0.6 is 0 Å². The van der Waals surface area contributed by atoms with Crippen molar-refractivity contribution in [2.75, 3.05) is 19.6 Å². The molecule has 1 amide bonds. The van der Waals surface area contributed by atoms with Gasteiger partial charge in [0, 0.05) is 25.2 Å². The third-order valence-electron chi connectivity index (χ3n) is 4.76. The van der Waals surface area contributed by atoms with Gasteiger partial charge in [-0.15, -0.1) is 0 Å². The van der Waals surface area contributed by atoms with Gasteiger partial charge < -0.3 is 15.0 Å². The van der Waals surface area contributed by atoms with E-state index in [1.807, 2.05) is 4.90 Å². The lowest BCUT2D eigenvalue weighted by Gasteiger charge is -2.37. The second-order valence-corrected chi connectivity index (χ2v) is 6.49.